The molecule has 1 aromatic heterocycles. The van der Waals surface area contributed by atoms with Gasteiger partial charge in [0.05, 0.1) is 0 Å². The first kappa shape index (κ1) is 16.2. The van der Waals surface area contributed by atoms with Gasteiger partial charge in [-0.1, -0.05) is 32.6 Å². The predicted octanol–water partition coefficient (Wildman–Crippen LogP) is 3.22. The molecule has 2 rings (SSSR count). The fraction of sp³-hybridized carbons (Fsp3) is 0.750. The zero-order chi connectivity index (χ0) is 15.3. The molecule has 21 heavy (non-hydrogen) atoms. The molecule has 0 aromatic carbocycles. The van der Waals surface area contributed by atoms with Gasteiger partial charge in [-0.2, -0.15) is 0 Å². The van der Waals surface area contributed by atoms with Gasteiger partial charge in [0.2, 0.25) is 0 Å². The fourth-order valence-electron chi connectivity index (χ4n) is 3.35. The van der Waals surface area contributed by atoms with Crippen molar-refractivity contribution in [2.45, 2.75) is 71.3 Å². The summed E-state index contributed by atoms with van der Waals surface area (Å²) in [5.74, 6) is 7.20. The van der Waals surface area contributed by atoms with E-state index in [0.717, 1.165) is 42.2 Å². The molecule has 1 aliphatic carbocycles. The Morgan fingerprint density at radius 3 is 2.33 bits per heavy atom. The van der Waals surface area contributed by atoms with Crippen molar-refractivity contribution in [3.05, 3.63) is 17.1 Å². The van der Waals surface area contributed by atoms with Gasteiger partial charge < -0.3 is 10.2 Å². The van der Waals surface area contributed by atoms with Crippen molar-refractivity contribution in [3.63, 3.8) is 0 Å². The Labute approximate surface area is 127 Å². The number of nitrogen functional groups attached to an aromatic ring is 1. The molecule has 1 fully saturated rings. The van der Waals surface area contributed by atoms with Crippen LogP contribution in [0, 0.1) is 6.92 Å². The highest BCUT2D eigenvalue weighted by Crippen LogP contribution is 2.38. The van der Waals surface area contributed by atoms with Gasteiger partial charge in [0.1, 0.15) is 11.4 Å². The minimum Gasteiger partial charge on any atom is -0.367 e. The monoisotopic (exact) mass is 292 g/mol. The standard InChI is InChI=1S/C16H28N4O/c1-4-13-12(3)18-15(19-14(13)20-17)16(21-5-2)10-8-6-7-9-11-16/h4-11,17H2,1-3H3,(H,18,19,20). The molecule has 118 valence electrons. The smallest absolute Gasteiger partial charge is 0.162 e. The quantitative estimate of drug-likeness (QED) is 0.495. The van der Waals surface area contributed by atoms with Crippen molar-refractivity contribution in [3.8, 4) is 0 Å². The van der Waals surface area contributed by atoms with Crippen LogP contribution in [0.5, 0.6) is 0 Å². The maximum atomic E-state index is 6.17. The molecule has 5 nitrogen and oxygen atoms in total. The van der Waals surface area contributed by atoms with Crippen LogP contribution in [0.2, 0.25) is 0 Å². The lowest BCUT2D eigenvalue weighted by atomic mass is 9.92. The van der Waals surface area contributed by atoms with Crippen molar-refractivity contribution in [1.29, 1.82) is 0 Å². The van der Waals surface area contributed by atoms with E-state index in [1.165, 1.54) is 25.7 Å². The number of hydrogen-bond acceptors (Lipinski definition) is 5. The third-order valence-electron chi connectivity index (χ3n) is 4.44. The van der Waals surface area contributed by atoms with Gasteiger partial charge >= 0.3 is 0 Å². The van der Waals surface area contributed by atoms with E-state index in [-0.39, 0.29) is 5.60 Å². The molecule has 0 unspecified atom stereocenters. The van der Waals surface area contributed by atoms with Crippen LogP contribution in [0.25, 0.3) is 0 Å². The second-order valence-corrected chi connectivity index (χ2v) is 5.80. The Bertz CT molecular complexity index is 468. The molecule has 1 aliphatic rings. The number of hydrogen-bond donors (Lipinski definition) is 2. The first-order chi connectivity index (χ1) is 10.2. The molecule has 0 saturated heterocycles. The van der Waals surface area contributed by atoms with Crippen LogP contribution in [0.15, 0.2) is 0 Å². The number of rotatable bonds is 5. The summed E-state index contributed by atoms with van der Waals surface area (Å²) < 4.78 is 6.17. The Balaban J connectivity index is 2.46. The highest BCUT2D eigenvalue weighted by molar-refractivity contribution is 5.46. The van der Waals surface area contributed by atoms with Gasteiger partial charge in [-0.3, -0.25) is 0 Å². The van der Waals surface area contributed by atoms with Gasteiger partial charge in [0.25, 0.3) is 0 Å². The first-order valence-corrected chi connectivity index (χ1v) is 8.15. The van der Waals surface area contributed by atoms with Crippen molar-refractivity contribution in [2.75, 3.05) is 12.0 Å². The molecule has 0 aliphatic heterocycles. The topological polar surface area (TPSA) is 73.1 Å². The van der Waals surface area contributed by atoms with E-state index < -0.39 is 0 Å². The summed E-state index contributed by atoms with van der Waals surface area (Å²) in [5, 5.41) is 0. The molecule has 0 spiro atoms. The summed E-state index contributed by atoms with van der Waals surface area (Å²) in [4.78, 5) is 9.48. The third-order valence-corrected chi connectivity index (χ3v) is 4.44. The molecule has 1 heterocycles. The molecule has 0 bridgehead atoms. The summed E-state index contributed by atoms with van der Waals surface area (Å²) in [6, 6.07) is 0. The summed E-state index contributed by atoms with van der Waals surface area (Å²) in [6.45, 7) is 6.85. The number of ether oxygens (including phenoxy) is 1. The zero-order valence-electron chi connectivity index (χ0n) is 13.5. The Morgan fingerprint density at radius 1 is 1.14 bits per heavy atom. The van der Waals surface area contributed by atoms with Crippen LogP contribution in [0.3, 0.4) is 0 Å². The van der Waals surface area contributed by atoms with Crippen molar-refractivity contribution < 1.29 is 4.74 Å². The summed E-state index contributed by atoms with van der Waals surface area (Å²) in [5.41, 5.74) is 4.48. The van der Waals surface area contributed by atoms with E-state index in [1.54, 1.807) is 0 Å². The first-order valence-electron chi connectivity index (χ1n) is 8.15. The predicted molar refractivity (Wildman–Crippen MR) is 85.0 cm³/mol. The van der Waals surface area contributed by atoms with Crippen molar-refractivity contribution >= 4 is 5.82 Å². The minimum absolute atomic E-state index is 0.339. The van der Waals surface area contributed by atoms with E-state index in [4.69, 9.17) is 20.5 Å². The average molecular weight is 292 g/mol. The van der Waals surface area contributed by atoms with Crippen molar-refractivity contribution in [2.24, 2.45) is 5.84 Å². The number of hydrazine groups is 1. The Hall–Kier alpha value is -1.20. The van der Waals surface area contributed by atoms with E-state index in [0.29, 0.717) is 6.61 Å². The van der Waals surface area contributed by atoms with Crippen LogP contribution >= 0.6 is 0 Å². The number of aromatic nitrogens is 2. The molecule has 3 N–H and O–H groups in total. The van der Waals surface area contributed by atoms with Crippen LogP contribution < -0.4 is 11.3 Å². The Morgan fingerprint density at radius 2 is 1.81 bits per heavy atom. The molecule has 5 heteroatoms. The molecular weight excluding hydrogens is 264 g/mol. The number of anilines is 1. The van der Waals surface area contributed by atoms with Gasteiger partial charge in [0.15, 0.2) is 5.82 Å². The van der Waals surface area contributed by atoms with Gasteiger partial charge in [0, 0.05) is 17.9 Å². The van der Waals surface area contributed by atoms with E-state index in [9.17, 15) is 0 Å². The molecule has 0 radical (unpaired) electrons. The number of nitrogens with zero attached hydrogens (tertiary/aromatic N) is 2. The lowest BCUT2D eigenvalue weighted by Crippen LogP contribution is -2.33. The lowest BCUT2D eigenvalue weighted by molar-refractivity contribution is -0.0624. The van der Waals surface area contributed by atoms with Crippen LogP contribution in [-0.2, 0) is 16.8 Å². The van der Waals surface area contributed by atoms with Crippen molar-refractivity contribution in [1.82, 2.24) is 9.97 Å². The van der Waals surface area contributed by atoms with Gasteiger partial charge in [-0.15, -0.1) is 0 Å². The summed E-state index contributed by atoms with van der Waals surface area (Å²) >= 11 is 0. The number of nitrogens with two attached hydrogens (primary N) is 1. The average Bonchev–Trinajstić information content (AvgIpc) is 2.73. The largest absolute Gasteiger partial charge is 0.367 e. The third kappa shape index (κ3) is 3.35. The summed E-state index contributed by atoms with van der Waals surface area (Å²) in [7, 11) is 0. The maximum absolute atomic E-state index is 6.17. The second kappa shape index (κ2) is 7.18. The number of nitrogens with one attached hydrogen (secondary N) is 1. The second-order valence-electron chi connectivity index (χ2n) is 5.80. The number of aryl methyl sites for hydroxylation is 1. The van der Waals surface area contributed by atoms with Gasteiger partial charge in [-0.05, 0) is 33.1 Å². The molecule has 0 atom stereocenters. The molecule has 1 saturated carbocycles. The fourth-order valence-corrected chi connectivity index (χ4v) is 3.35. The normalized spacial score (nSPS) is 18.3. The zero-order valence-corrected chi connectivity index (χ0v) is 13.5. The van der Waals surface area contributed by atoms with Crippen LogP contribution in [0.1, 0.15) is 69.5 Å². The molecule has 0 amide bonds. The van der Waals surface area contributed by atoms with E-state index >= 15 is 0 Å². The Kier molecular flexibility index (Phi) is 5.53. The van der Waals surface area contributed by atoms with Crippen LogP contribution in [0.4, 0.5) is 5.82 Å². The lowest BCUT2D eigenvalue weighted by Gasteiger charge is -2.32. The van der Waals surface area contributed by atoms with E-state index in [2.05, 4.69) is 12.3 Å². The highest BCUT2D eigenvalue weighted by Gasteiger charge is 2.37. The summed E-state index contributed by atoms with van der Waals surface area (Å²) in [6.07, 6.45) is 7.73. The van der Waals surface area contributed by atoms with E-state index in [1.807, 2.05) is 13.8 Å². The highest BCUT2D eigenvalue weighted by atomic mass is 16.5. The maximum Gasteiger partial charge on any atom is 0.162 e. The molecular formula is C16H28N4O. The van der Waals surface area contributed by atoms with Gasteiger partial charge in [-0.25, -0.2) is 15.8 Å². The molecule has 1 aromatic rings. The van der Waals surface area contributed by atoms with Crippen LogP contribution in [-0.4, -0.2) is 16.6 Å². The SMILES string of the molecule is CCOC1(c2nc(C)c(CC)c(NN)n2)CCCCCC1. The minimum atomic E-state index is -0.339.